The molecule has 0 aliphatic carbocycles. The van der Waals surface area contributed by atoms with Crippen LogP contribution in [0.2, 0.25) is 0 Å². The van der Waals surface area contributed by atoms with Crippen molar-refractivity contribution in [2.45, 2.75) is 32.4 Å². The van der Waals surface area contributed by atoms with E-state index in [4.69, 9.17) is 0 Å². The zero-order valence-electron chi connectivity index (χ0n) is 13.4. The zero-order chi connectivity index (χ0) is 16.1. The summed E-state index contributed by atoms with van der Waals surface area (Å²) >= 11 is 0. The molecule has 0 aromatic carbocycles. The number of hydrogen-bond acceptors (Lipinski definition) is 5. The van der Waals surface area contributed by atoms with Crippen LogP contribution in [0.3, 0.4) is 0 Å². The molecule has 2 aromatic rings. The van der Waals surface area contributed by atoms with Crippen molar-refractivity contribution in [3.8, 4) is 0 Å². The molecule has 0 bridgehead atoms. The summed E-state index contributed by atoms with van der Waals surface area (Å²) in [5.74, 6) is 0.296. The highest BCUT2D eigenvalue weighted by Gasteiger charge is 2.19. The lowest BCUT2D eigenvalue weighted by Gasteiger charge is -2.22. The van der Waals surface area contributed by atoms with E-state index in [9.17, 15) is 4.79 Å². The van der Waals surface area contributed by atoms with Crippen LogP contribution in [0, 0.1) is 5.92 Å². The highest BCUT2D eigenvalue weighted by atomic mass is 16.2. The van der Waals surface area contributed by atoms with Crippen LogP contribution in [0.5, 0.6) is 0 Å². The Morgan fingerprint density at radius 3 is 3.22 bits per heavy atom. The Morgan fingerprint density at radius 1 is 1.57 bits per heavy atom. The average Bonchev–Trinajstić information content (AvgIpc) is 3.25. The van der Waals surface area contributed by atoms with Gasteiger partial charge in [-0.1, -0.05) is 6.92 Å². The summed E-state index contributed by atoms with van der Waals surface area (Å²) in [6.45, 7) is 5.33. The lowest BCUT2D eigenvalue weighted by Crippen LogP contribution is -2.33. The summed E-state index contributed by atoms with van der Waals surface area (Å²) in [5, 5.41) is 14.7. The molecule has 1 aliphatic heterocycles. The minimum Gasteiger partial charge on any atom is -0.349 e. The Balaban J connectivity index is 1.49. The molecule has 2 N–H and O–H groups in total. The molecule has 0 unspecified atom stereocenters. The quantitative estimate of drug-likeness (QED) is 0.808. The van der Waals surface area contributed by atoms with Gasteiger partial charge in [-0.2, -0.15) is 5.10 Å². The van der Waals surface area contributed by atoms with E-state index in [0.717, 1.165) is 32.5 Å². The van der Waals surface area contributed by atoms with Gasteiger partial charge in [0.25, 0.3) is 5.91 Å². The van der Waals surface area contributed by atoms with Crippen LogP contribution in [0.4, 0.5) is 0 Å². The molecule has 1 aliphatic rings. The molecule has 0 radical (unpaired) electrons. The second kappa shape index (κ2) is 7.36. The van der Waals surface area contributed by atoms with Gasteiger partial charge < -0.3 is 10.6 Å². The summed E-state index contributed by atoms with van der Waals surface area (Å²) in [6, 6.07) is 2.18. The molecule has 8 nitrogen and oxygen atoms in total. The van der Waals surface area contributed by atoms with Crippen LogP contribution >= 0.6 is 0 Å². The van der Waals surface area contributed by atoms with Gasteiger partial charge in [0.1, 0.15) is 6.33 Å². The third-order valence-electron chi connectivity index (χ3n) is 4.03. The van der Waals surface area contributed by atoms with Crippen molar-refractivity contribution in [3.05, 3.63) is 30.6 Å². The van der Waals surface area contributed by atoms with Crippen molar-refractivity contribution in [1.82, 2.24) is 35.2 Å². The molecule has 1 saturated heterocycles. The Labute approximate surface area is 135 Å². The van der Waals surface area contributed by atoms with Gasteiger partial charge in [-0.3, -0.25) is 9.48 Å². The van der Waals surface area contributed by atoms with Gasteiger partial charge in [0, 0.05) is 32.0 Å². The minimum absolute atomic E-state index is 0.222. The molecule has 0 spiro atoms. The van der Waals surface area contributed by atoms with Gasteiger partial charge in [0.05, 0.1) is 6.04 Å². The summed E-state index contributed by atoms with van der Waals surface area (Å²) in [7, 11) is 0. The van der Waals surface area contributed by atoms with Crippen LogP contribution < -0.4 is 10.6 Å². The molecule has 2 aromatic heterocycles. The fourth-order valence-electron chi connectivity index (χ4n) is 2.75. The van der Waals surface area contributed by atoms with E-state index in [1.165, 1.54) is 0 Å². The fraction of sp³-hybridized carbons (Fsp3) is 0.600. The maximum Gasteiger partial charge on any atom is 0.290 e. The van der Waals surface area contributed by atoms with Crippen molar-refractivity contribution < 1.29 is 4.79 Å². The molecule has 0 saturated carbocycles. The van der Waals surface area contributed by atoms with Crippen LogP contribution in [0.15, 0.2) is 24.8 Å². The maximum atomic E-state index is 12.2. The summed E-state index contributed by atoms with van der Waals surface area (Å²) in [6.07, 6.45) is 7.51. The number of piperidine rings is 1. The lowest BCUT2D eigenvalue weighted by molar-refractivity contribution is 0.0935. The molecule has 23 heavy (non-hydrogen) atoms. The van der Waals surface area contributed by atoms with E-state index in [0.29, 0.717) is 6.54 Å². The first-order chi connectivity index (χ1) is 11.2. The first-order valence-electron chi connectivity index (χ1n) is 8.10. The fourth-order valence-corrected chi connectivity index (χ4v) is 2.75. The predicted octanol–water partition coefficient (Wildman–Crippen LogP) is 0.465. The molecule has 124 valence electrons. The van der Waals surface area contributed by atoms with Gasteiger partial charge in [-0.15, -0.1) is 5.10 Å². The molecule has 3 heterocycles. The van der Waals surface area contributed by atoms with Gasteiger partial charge in [0.2, 0.25) is 5.82 Å². The SMILES string of the molecule is C[C@@H](CNC(=O)c1ncn([C@H]2CCCNC2)n1)Cn1cccn1. The molecule has 1 fully saturated rings. The van der Waals surface area contributed by atoms with Crippen molar-refractivity contribution in [3.63, 3.8) is 0 Å². The summed E-state index contributed by atoms with van der Waals surface area (Å²) in [5.41, 5.74) is 0. The van der Waals surface area contributed by atoms with Crippen molar-refractivity contribution in [2.24, 2.45) is 5.92 Å². The monoisotopic (exact) mass is 317 g/mol. The standard InChI is InChI=1S/C15H23N7O/c1-12(10-21-7-3-6-19-21)8-17-15(23)14-18-11-22(20-14)13-4-2-5-16-9-13/h3,6-7,11-13,16H,2,4-5,8-10H2,1H3,(H,17,23)/t12-,13-/m0/s1. The largest absolute Gasteiger partial charge is 0.349 e. The predicted molar refractivity (Wildman–Crippen MR) is 84.9 cm³/mol. The van der Waals surface area contributed by atoms with E-state index in [2.05, 4.69) is 32.7 Å². The molecular weight excluding hydrogens is 294 g/mol. The third kappa shape index (κ3) is 4.16. The maximum absolute atomic E-state index is 12.2. The topological polar surface area (TPSA) is 89.7 Å². The van der Waals surface area contributed by atoms with Crippen LogP contribution in [-0.2, 0) is 6.54 Å². The molecular formula is C15H23N7O. The number of rotatable bonds is 6. The van der Waals surface area contributed by atoms with Gasteiger partial charge in [-0.05, 0) is 31.4 Å². The van der Waals surface area contributed by atoms with Crippen LogP contribution in [0.1, 0.15) is 36.4 Å². The van der Waals surface area contributed by atoms with Crippen molar-refractivity contribution in [1.29, 1.82) is 0 Å². The Hall–Kier alpha value is -2.22. The number of carbonyl (C=O) groups excluding carboxylic acids is 1. The van der Waals surface area contributed by atoms with E-state index >= 15 is 0 Å². The number of amides is 1. The molecule has 3 rings (SSSR count). The molecule has 8 heteroatoms. The van der Waals surface area contributed by atoms with Crippen molar-refractivity contribution in [2.75, 3.05) is 19.6 Å². The Bertz CT molecular complexity index is 616. The normalized spacial score (nSPS) is 19.4. The number of nitrogens with zero attached hydrogens (tertiary/aromatic N) is 5. The first kappa shape index (κ1) is 15.7. The van der Waals surface area contributed by atoms with E-state index in [1.807, 2.05) is 16.9 Å². The number of carbonyl (C=O) groups is 1. The van der Waals surface area contributed by atoms with Gasteiger partial charge >= 0.3 is 0 Å². The van der Waals surface area contributed by atoms with E-state index in [1.54, 1.807) is 17.2 Å². The minimum atomic E-state index is -0.222. The second-order valence-corrected chi connectivity index (χ2v) is 6.09. The van der Waals surface area contributed by atoms with Crippen LogP contribution in [-0.4, -0.2) is 50.1 Å². The van der Waals surface area contributed by atoms with Gasteiger partial charge in [0.15, 0.2) is 0 Å². The lowest BCUT2D eigenvalue weighted by atomic mass is 10.1. The highest BCUT2D eigenvalue weighted by Crippen LogP contribution is 2.14. The number of nitrogens with one attached hydrogen (secondary N) is 2. The Morgan fingerprint density at radius 2 is 2.48 bits per heavy atom. The van der Waals surface area contributed by atoms with Crippen molar-refractivity contribution >= 4 is 5.91 Å². The molecule has 2 atom stereocenters. The highest BCUT2D eigenvalue weighted by molar-refractivity contribution is 5.90. The van der Waals surface area contributed by atoms with E-state index < -0.39 is 0 Å². The first-order valence-corrected chi connectivity index (χ1v) is 8.10. The number of hydrogen-bond donors (Lipinski definition) is 2. The molecule has 1 amide bonds. The summed E-state index contributed by atoms with van der Waals surface area (Å²) in [4.78, 5) is 16.3. The number of aromatic nitrogens is 5. The Kier molecular flexibility index (Phi) is 5.02. The van der Waals surface area contributed by atoms with Gasteiger partial charge in [-0.25, -0.2) is 9.67 Å². The second-order valence-electron chi connectivity index (χ2n) is 6.09. The smallest absolute Gasteiger partial charge is 0.290 e. The van der Waals surface area contributed by atoms with E-state index in [-0.39, 0.29) is 23.7 Å². The third-order valence-corrected chi connectivity index (χ3v) is 4.03. The summed E-state index contributed by atoms with van der Waals surface area (Å²) < 4.78 is 3.66. The van der Waals surface area contributed by atoms with Crippen LogP contribution in [0.25, 0.3) is 0 Å². The zero-order valence-corrected chi connectivity index (χ0v) is 13.4. The average molecular weight is 317 g/mol.